The van der Waals surface area contributed by atoms with Crippen LogP contribution in [0.5, 0.6) is 0 Å². The van der Waals surface area contributed by atoms with Crippen molar-refractivity contribution in [3.63, 3.8) is 0 Å². The molecule has 182 valence electrons. The van der Waals surface area contributed by atoms with Crippen LogP contribution >= 0.6 is 0 Å². The molecule has 1 N–H and O–H groups in total. The molecule has 0 spiro atoms. The number of carbonyl (C=O) groups is 3. The summed E-state index contributed by atoms with van der Waals surface area (Å²) in [6.07, 6.45) is -0.318. The van der Waals surface area contributed by atoms with Gasteiger partial charge in [-0.1, -0.05) is 6.07 Å². The van der Waals surface area contributed by atoms with Crippen LogP contribution in [0.15, 0.2) is 47.4 Å². The van der Waals surface area contributed by atoms with Gasteiger partial charge < -0.3 is 10.1 Å². The number of hydrogen-bond donors (Lipinski definition) is 1. The standard InChI is InChI=1S/C25H30N2O6S/c1-16-5-10-23(15-17(16)2)34(31,32)27-13-11-21(12-14-27)25(30)33-18(3)24(29)20-6-8-22(9-7-20)26-19(4)28/h5-10,15,18,21H,11-14H2,1-4H3,(H,26,28)/t18-/m0/s1. The van der Waals surface area contributed by atoms with Gasteiger partial charge in [-0.2, -0.15) is 4.31 Å². The van der Waals surface area contributed by atoms with Gasteiger partial charge in [-0.15, -0.1) is 0 Å². The number of amides is 1. The topological polar surface area (TPSA) is 110 Å². The van der Waals surface area contributed by atoms with E-state index < -0.39 is 28.0 Å². The van der Waals surface area contributed by atoms with E-state index in [0.717, 1.165) is 11.1 Å². The highest BCUT2D eigenvalue weighted by Crippen LogP contribution is 2.26. The van der Waals surface area contributed by atoms with Crippen molar-refractivity contribution in [1.29, 1.82) is 0 Å². The molecule has 9 heteroatoms. The minimum Gasteiger partial charge on any atom is -0.454 e. The number of sulfonamides is 1. The number of esters is 1. The Balaban J connectivity index is 1.56. The number of ketones is 1. The first-order chi connectivity index (χ1) is 16.0. The second kappa shape index (κ2) is 10.5. The maximum atomic E-state index is 13.0. The predicted octanol–water partition coefficient (Wildman–Crippen LogP) is 3.48. The van der Waals surface area contributed by atoms with Crippen LogP contribution in [0.4, 0.5) is 5.69 Å². The normalized spacial score (nSPS) is 16.0. The number of hydrogen-bond acceptors (Lipinski definition) is 6. The molecule has 0 bridgehead atoms. The zero-order chi connectivity index (χ0) is 25.0. The Bertz CT molecular complexity index is 1180. The van der Waals surface area contributed by atoms with Crippen molar-refractivity contribution in [3.8, 4) is 0 Å². The lowest BCUT2D eigenvalue weighted by molar-refractivity contribution is -0.152. The summed E-state index contributed by atoms with van der Waals surface area (Å²) in [6.45, 7) is 7.13. The molecular formula is C25H30N2O6S. The first kappa shape index (κ1) is 25.6. The summed E-state index contributed by atoms with van der Waals surface area (Å²) in [5.41, 5.74) is 2.86. The maximum Gasteiger partial charge on any atom is 0.309 e. The summed E-state index contributed by atoms with van der Waals surface area (Å²) in [6, 6.07) is 11.4. The van der Waals surface area contributed by atoms with E-state index in [9.17, 15) is 22.8 Å². The van der Waals surface area contributed by atoms with E-state index in [2.05, 4.69) is 5.32 Å². The molecule has 0 saturated carbocycles. The number of nitrogens with one attached hydrogen (secondary N) is 1. The van der Waals surface area contributed by atoms with E-state index in [1.54, 1.807) is 42.5 Å². The quantitative estimate of drug-likeness (QED) is 0.474. The van der Waals surface area contributed by atoms with Gasteiger partial charge in [0.25, 0.3) is 0 Å². The third-order valence-electron chi connectivity index (χ3n) is 6.06. The first-order valence-electron chi connectivity index (χ1n) is 11.2. The van der Waals surface area contributed by atoms with Gasteiger partial charge in [0.2, 0.25) is 21.7 Å². The van der Waals surface area contributed by atoms with Crippen molar-refractivity contribution in [2.75, 3.05) is 18.4 Å². The van der Waals surface area contributed by atoms with Gasteiger partial charge >= 0.3 is 5.97 Å². The molecule has 34 heavy (non-hydrogen) atoms. The minimum atomic E-state index is -3.63. The molecule has 1 fully saturated rings. The van der Waals surface area contributed by atoms with E-state index in [0.29, 0.717) is 24.1 Å². The van der Waals surface area contributed by atoms with E-state index in [4.69, 9.17) is 4.74 Å². The van der Waals surface area contributed by atoms with Crippen LogP contribution in [-0.4, -0.2) is 49.6 Å². The lowest BCUT2D eigenvalue weighted by atomic mass is 9.98. The Labute approximate surface area is 200 Å². The van der Waals surface area contributed by atoms with Crippen LogP contribution in [-0.2, 0) is 24.3 Å². The Morgan fingerprint density at radius 3 is 2.18 bits per heavy atom. The molecule has 0 unspecified atom stereocenters. The molecule has 1 aliphatic rings. The van der Waals surface area contributed by atoms with Gasteiger partial charge in [0.05, 0.1) is 10.8 Å². The fourth-order valence-corrected chi connectivity index (χ4v) is 5.39. The van der Waals surface area contributed by atoms with Crippen LogP contribution in [0, 0.1) is 19.8 Å². The highest BCUT2D eigenvalue weighted by Gasteiger charge is 2.34. The predicted molar refractivity (Wildman–Crippen MR) is 128 cm³/mol. The maximum absolute atomic E-state index is 13.0. The zero-order valence-corrected chi connectivity index (χ0v) is 20.6. The lowest BCUT2D eigenvalue weighted by Gasteiger charge is -2.30. The van der Waals surface area contributed by atoms with Crippen molar-refractivity contribution < 1.29 is 27.5 Å². The molecule has 1 atom stereocenters. The van der Waals surface area contributed by atoms with E-state index in [-0.39, 0.29) is 29.7 Å². The fourth-order valence-electron chi connectivity index (χ4n) is 3.84. The van der Waals surface area contributed by atoms with Gasteiger partial charge in [-0.25, -0.2) is 8.42 Å². The van der Waals surface area contributed by atoms with Crippen LogP contribution in [0.25, 0.3) is 0 Å². The summed E-state index contributed by atoms with van der Waals surface area (Å²) in [7, 11) is -3.63. The number of rotatable bonds is 7. The van der Waals surface area contributed by atoms with Crippen molar-refractivity contribution >= 4 is 33.4 Å². The van der Waals surface area contributed by atoms with E-state index >= 15 is 0 Å². The first-order valence-corrected chi connectivity index (χ1v) is 12.6. The Kier molecular flexibility index (Phi) is 7.89. The third kappa shape index (κ3) is 5.90. The van der Waals surface area contributed by atoms with Gasteiger partial charge in [0.15, 0.2) is 6.10 Å². The van der Waals surface area contributed by atoms with Gasteiger partial charge in [-0.3, -0.25) is 14.4 Å². The van der Waals surface area contributed by atoms with Crippen LogP contribution in [0.1, 0.15) is 48.2 Å². The molecule has 0 radical (unpaired) electrons. The number of ether oxygens (including phenoxy) is 1. The molecule has 8 nitrogen and oxygen atoms in total. The summed E-state index contributed by atoms with van der Waals surface area (Å²) in [5.74, 6) is -1.53. The molecular weight excluding hydrogens is 456 g/mol. The molecule has 1 heterocycles. The van der Waals surface area contributed by atoms with Gasteiger partial charge in [0.1, 0.15) is 0 Å². The second-order valence-electron chi connectivity index (χ2n) is 8.63. The fraction of sp³-hybridized carbons (Fsp3) is 0.400. The number of piperidine rings is 1. The van der Waals surface area contributed by atoms with Crippen molar-refractivity contribution in [3.05, 3.63) is 59.2 Å². The smallest absolute Gasteiger partial charge is 0.309 e. The Morgan fingerprint density at radius 1 is 1.00 bits per heavy atom. The zero-order valence-electron chi connectivity index (χ0n) is 19.8. The SMILES string of the molecule is CC(=O)Nc1ccc(C(=O)[C@H](C)OC(=O)C2CCN(S(=O)(=O)c3ccc(C)c(C)c3)CC2)cc1. The molecule has 1 saturated heterocycles. The van der Waals surface area contributed by atoms with Crippen molar-refractivity contribution in [2.24, 2.45) is 5.92 Å². The summed E-state index contributed by atoms with van der Waals surface area (Å²) < 4.78 is 32.8. The summed E-state index contributed by atoms with van der Waals surface area (Å²) in [4.78, 5) is 36.6. The molecule has 3 rings (SSSR count). The molecule has 2 aromatic carbocycles. The number of aryl methyl sites for hydroxylation is 2. The van der Waals surface area contributed by atoms with E-state index in [1.165, 1.54) is 18.2 Å². The van der Waals surface area contributed by atoms with E-state index in [1.807, 2.05) is 13.8 Å². The minimum absolute atomic E-state index is 0.210. The molecule has 1 amide bonds. The summed E-state index contributed by atoms with van der Waals surface area (Å²) >= 11 is 0. The highest BCUT2D eigenvalue weighted by molar-refractivity contribution is 7.89. The van der Waals surface area contributed by atoms with Crippen LogP contribution in [0.3, 0.4) is 0 Å². The average molecular weight is 487 g/mol. The Hall–Kier alpha value is -3.04. The number of carbonyl (C=O) groups excluding carboxylic acids is 3. The largest absolute Gasteiger partial charge is 0.454 e. The molecule has 1 aliphatic heterocycles. The van der Waals surface area contributed by atoms with Gasteiger partial charge in [0, 0.05) is 31.3 Å². The lowest BCUT2D eigenvalue weighted by Crippen LogP contribution is -2.41. The average Bonchev–Trinajstić information content (AvgIpc) is 2.80. The summed E-state index contributed by atoms with van der Waals surface area (Å²) in [5, 5.41) is 2.62. The molecule has 0 aliphatic carbocycles. The number of Topliss-reactive ketones (excluding diaryl/α,β-unsaturated/α-hetero) is 1. The van der Waals surface area contributed by atoms with Crippen LogP contribution in [0.2, 0.25) is 0 Å². The van der Waals surface area contributed by atoms with Crippen LogP contribution < -0.4 is 5.32 Å². The van der Waals surface area contributed by atoms with Crippen molar-refractivity contribution in [1.82, 2.24) is 4.31 Å². The Morgan fingerprint density at radius 2 is 1.62 bits per heavy atom. The number of anilines is 1. The second-order valence-corrected chi connectivity index (χ2v) is 10.6. The molecule has 0 aromatic heterocycles. The third-order valence-corrected chi connectivity index (χ3v) is 7.95. The van der Waals surface area contributed by atoms with Gasteiger partial charge in [-0.05, 0) is 81.1 Å². The number of benzene rings is 2. The highest BCUT2D eigenvalue weighted by atomic mass is 32.2. The monoisotopic (exact) mass is 486 g/mol. The number of nitrogens with zero attached hydrogens (tertiary/aromatic N) is 1. The van der Waals surface area contributed by atoms with Crippen molar-refractivity contribution in [2.45, 2.75) is 51.5 Å². The molecule has 2 aromatic rings.